The van der Waals surface area contributed by atoms with Crippen molar-refractivity contribution >= 4 is 40.2 Å². The first-order valence-corrected chi connectivity index (χ1v) is 13.8. The van der Waals surface area contributed by atoms with Crippen molar-refractivity contribution in [2.45, 2.75) is 13.3 Å². The van der Waals surface area contributed by atoms with Crippen LogP contribution in [0.2, 0.25) is 0 Å². The second kappa shape index (κ2) is 9.83. The fraction of sp³-hybridized carbons (Fsp3) is 0.206. The van der Waals surface area contributed by atoms with Crippen molar-refractivity contribution in [3.05, 3.63) is 107 Å². The zero-order valence-electron chi connectivity index (χ0n) is 22.6. The number of Topliss-reactive ketones (excluding diaryl/α,β-unsaturated/α-hetero) is 1. The Bertz CT molecular complexity index is 1800. The third-order valence-corrected chi connectivity index (χ3v) is 8.65. The summed E-state index contributed by atoms with van der Waals surface area (Å²) in [5, 5.41) is 0.581. The highest BCUT2D eigenvalue weighted by Crippen LogP contribution is 2.53. The minimum atomic E-state index is -0.690. The van der Waals surface area contributed by atoms with E-state index < -0.39 is 24.2 Å². The number of pyridine rings is 1. The molecule has 7 nitrogen and oxygen atoms in total. The topological polar surface area (TPSA) is 93.6 Å². The van der Waals surface area contributed by atoms with Gasteiger partial charge in [0.2, 0.25) is 11.8 Å². The monoisotopic (exact) mass is 560 g/mol. The van der Waals surface area contributed by atoms with Gasteiger partial charge in [-0.2, -0.15) is 0 Å². The number of halogens is 1. The summed E-state index contributed by atoms with van der Waals surface area (Å²) in [6, 6.07) is 19.1. The van der Waals surface area contributed by atoms with Gasteiger partial charge in [0.15, 0.2) is 12.4 Å². The molecule has 4 unspecified atom stereocenters. The SMILES string of the molecule is Cc1cccc2c(C(=O)OCC(=O)c3ccc(F)cc3)cc(-c3ccc(N4C(=O)C5C6C=CC(C6)C5C4=O)cc3)nc12. The zero-order chi connectivity index (χ0) is 29.1. The molecular weight excluding hydrogens is 535 g/mol. The number of hydrogen-bond donors (Lipinski definition) is 0. The van der Waals surface area contributed by atoms with Crippen molar-refractivity contribution in [2.75, 3.05) is 11.5 Å². The van der Waals surface area contributed by atoms with E-state index in [9.17, 15) is 23.6 Å². The van der Waals surface area contributed by atoms with Gasteiger partial charge in [0.1, 0.15) is 5.82 Å². The van der Waals surface area contributed by atoms with Crippen molar-refractivity contribution in [1.82, 2.24) is 4.98 Å². The Kier molecular flexibility index (Phi) is 6.08. The summed E-state index contributed by atoms with van der Waals surface area (Å²) in [4.78, 5) is 58.3. The molecule has 2 heterocycles. The number of anilines is 1. The lowest BCUT2D eigenvalue weighted by atomic mass is 9.85. The van der Waals surface area contributed by atoms with Crippen LogP contribution in [0.1, 0.15) is 32.7 Å². The molecule has 0 N–H and O–H groups in total. The predicted molar refractivity (Wildman–Crippen MR) is 153 cm³/mol. The predicted octanol–water partition coefficient (Wildman–Crippen LogP) is 5.70. The number of ether oxygens (including phenoxy) is 1. The Labute approximate surface area is 240 Å². The smallest absolute Gasteiger partial charge is 0.339 e. The van der Waals surface area contributed by atoms with Crippen LogP contribution < -0.4 is 4.90 Å². The van der Waals surface area contributed by atoms with Crippen molar-refractivity contribution < 1.29 is 28.3 Å². The molecule has 1 saturated carbocycles. The quantitative estimate of drug-likeness (QED) is 0.130. The zero-order valence-corrected chi connectivity index (χ0v) is 22.6. The normalized spacial score (nSPS) is 22.2. The molecule has 1 aromatic heterocycles. The fourth-order valence-corrected chi connectivity index (χ4v) is 6.57. The number of esters is 1. The number of aromatic nitrogens is 1. The van der Waals surface area contributed by atoms with Crippen LogP contribution in [0.3, 0.4) is 0 Å². The largest absolute Gasteiger partial charge is 0.454 e. The molecule has 3 aliphatic rings. The second-order valence-electron chi connectivity index (χ2n) is 11.1. The van der Waals surface area contributed by atoms with Gasteiger partial charge in [-0.05, 0) is 73.2 Å². The van der Waals surface area contributed by atoms with Crippen LogP contribution in [0, 0.1) is 36.4 Å². The molecule has 208 valence electrons. The molecule has 2 bridgehead atoms. The molecule has 2 aliphatic carbocycles. The van der Waals surface area contributed by atoms with Crippen molar-refractivity contribution in [3.63, 3.8) is 0 Å². The molecule has 3 aromatic carbocycles. The van der Waals surface area contributed by atoms with Crippen molar-refractivity contribution in [2.24, 2.45) is 23.7 Å². The number of nitrogens with zero attached hydrogens (tertiary/aromatic N) is 2. The number of rotatable bonds is 6. The lowest BCUT2D eigenvalue weighted by Crippen LogP contribution is -2.32. The maximum atomic E-state index is 13.2. The molecule has 0 spiro atoms. The van der Waals surface area contributed by atoms with Crippen LogP contribution in [0.25, 0.3) is 22.2 Å². The Morgan fingerprint density at radius 3 is 2.26 bits per heavy atom. The van der Waals surface area contributed by atoms with Gasteiger partial charge in [-0.3, -0.25) is 19.3 Å². The first-order chi connectivity index (χ1) is 20.3. The van der Waals surface area contributed by atoms with Crippen molar-refractivity contribution in [1.29, 1.82) is 0 Å². The van der Waals surface area contributed by atoms with Crippen LogP contribution >= 0.6 is 0 Å². The molecule has 42 heavy (non-hydrogen) atoms. The Morgan fingerprint density at radius 2 is 1.60 bits per heavy atom. The highest BCUT2D eigenvalue weighted by molar-refractivity contribution is 6.22. The summed E-state index contributed by atoms with van der Waals surface area (Å²) in [5.74, 6) is -2.18. The molecule has 2 amide bonds. The summed E-state index contributed by atoms with van der Waals surface area (Å²) in [6.45, 7) is 1.39. The van der Waals surface area contributed by atoms with Gasteiger partial charge in [0, 0.05) is 16.5 Å². The van der Waals surface area contributed by atoms with E-state index in [4.69, 9.17) is 9.72 Å². The molecule has 1 saturated heterocycles. The van der Waals surface area contributed by atoms with Gasteiger partial charge in [-0.15, -0.1) is 0 Å². The van der Waals surface area contributed by atoms with Gasteiger partial charge in [-0.1, -0.05) is 42.5 Å². The van der Waals surface area contributed by atoms with E-state index in [0.717, 1.165) is 12.0 Å². The van der Waals surface area contributed by atoms with Gasteiger partial charge < -0.3 is 4.74 Å². The van der Waals surface area contributed by atoms with Crippen LogP contribution in [0.4, 0.5) is 10.1 Å². The number of para-hydroxylation sites is 1. The molecule has 4 atom stereocenters. The second-order valence-corrected chi connectivity index (χ2v) is 11.1. The molecule has 0 radical (unpaired) electrons. The summed E-state index contributed by atoms with van der Waals surface area (Å²) in [6.07, 6.45) is 5.01. The summed E-state index contributed by atoms with van der Waals surface area (Å²) in [5.41, 5.74) is 3.64. The molecule has 2 fully saturated rings. The number of carbonyl (C=O) groups is 4. The maximum Gasteiger partial charge on any atom is 0.339 e. The fourth-order valence-electron chi connectivity index (χ4n) is 6.57. The molecular formula is C34H25FN2O5. The third kappa shape index (κ3) is 4.13. The lowest BCUT2D eigenvalue weighted by molar-refractivity contribution is -0.123. The number of carbonyl (C=O) groups excluding carboxylic acids is 4. The van der Waals surface area contributed by atoms with Gasteiger partial charge in [0.25, 0.3) is 0 Å². The number of ketones is 1. The maximum absolute atomic E-state index is 13.2. The minimum Gasteiger partial charge on any atom is -0.454 e. The van der Waals surface area contributed by atoms with E-state index in [1.807, 2.05) is 19.1 Å². The Balaban J connectivity index is 1.17. The third-order valence-electron chi connectivity index (χ3n) is 8.65. The highest BCUT2D eigenvalue weighted by Gasteiger charge is 2.59. The van der Waals surface area contributed by atoms with Gasteiger partial charge in [0.05, 0.1) is 34.3 Å². The number of hydrogen-bond acceptors (Lipinski definition) is 6. The Hall–Kier alpha value is -4.98. The van der Waals surface area contributed by atoms with E-state index >= 15 is 0 Å². The number of allylic oxidation sites excluding steroid dienone is 2. The van der Waals surface area contributed by atoms with E-state index in [0.29, 0.717) is 27.8 Å². The summed E-state index contributed by atoms with van der Waals surface area (Å²) in [7, 11) is 0. The average molecular weight is 561 g/mol. The Morgan fingerprint density at radius 1 is 0.929 bits per heavy atom. The van der Waals surface area contributed by atoms with Crippen LogP contribution in [0.15, 0.2) is 84.9 Å². The molecule has 8 heteroatoms. The molecule has 1 aliphatic heterocycles. The highest BCUT2D eigenvalue weighted by atomic mass is 19.1. The number of fused-ring (bicyclic) bond motifs is 6. The summed E-state index contributed by atoms with van der Waals surface area (Å²) >= 11 is 0. The van der Waals surface area contributed by atoms with E-state index in [1.165, 1.54) is 29.2 Å². The van der Waals surface area contributed by atoms with Crippen LogP contribution in [-0.2, 0) is 14.3 Å². The number of aryl methyl sites for hydroxylation is 1. The lowest BCUT2D eigenvalue weighted by Gasteiger charge is -2.18. The van der Waals surface area contributed by atoms with E-state index in [-0.39, 0.29) is 46.6 Å². The van der Waals surface area contributed by atoms with Gasteiger partial charge >= 0.3 is 5.97 Å². The van der Waals surface area contributed by atoms with Crippen LogP contribution in [-0.4, -0.2) is 35.2 Å². The van der Waals surface area contributed by atoms with Crippen molar-refractivity contribution in [3.8, 4) is 11.3 Å². The van der Waals surface area contributed by atoms with E-state index in [1.54, 1.807) is 36.4 Å². The summed E-state index contributed by atoms with van der Waals surface area (Å²) < 4.78 is 18.6. The van der Waals surface area contributed by atoms with E-state index in [2.05, 4.69) is 12.2 Å². The van der Waals surface area contributed by atoms with Gasteiger partial charge in [-0.25, -0.2) is 14.2 Å². The number of amides is 2. The molecule has 7 rings (SSSR count). The first kappa shape index (κ1) is 26.0. The molecule has 4 aromatic rings. The average Bonchev–Trinajstić information content (AvgIpc) is 3.69. The number of benzene rings is 3. The van der Waals surface area contributed by atoms with Crippen LogP contribution in [0.5, 0.6) is 0 Å². The number of imide groups is 1. The standard InChI is InChI=1S/C34H25FN2O5/c1-18-3-2-4-25-26(34(41)42-17-28(38)20-7-11-23(35)12-8-20)16-27(36-31(18)25)19-9-13-24(14-10-19)37-32(39)29-21-5-6-22(15-21)30(29)33(37)40/h2-14,16,21-22,29-30H,15,17H2,1H3. The first-order valence-electron chi connectivity index (χ1n) is 13.8. The minimum absolute atomic E-state index is 0.134.